The summed E-state index contributed by atoms with van der Waals surface area (Å²) >= 11 is 0. The van der Waals surface area contributed by atoms with Gasteiger partial charge in [0.1, 0.15) is 0 Å². The van der Waals surface area contributed by atoms with E-state index in [0.29, 0.717) is 26.1 Å². The van der Waals surface area contributed by atoms with Crippen molar-refractivity contribution in [2.45, 2.75) is 168 Å². The van der Waals surface area contributed by atoms with Crippen LogP contribution in [-0.4, -0.2) is 25.2 Å². The van der Waals surface area contributed by atoms with Gasteiger partial charge in [-0.1, -0.05) is 129 Å². The van der Waals surface area contributed by atoms with Crippen LogP contribution in [0.5, 0.6) is 0 Å². The number of ether oxygens (including phenoxy) is 2. The second kappa shape index (κ2) is 28.2. The van der Waals surface area contributed by atoms with E-state index in [-0.39, 0.29) is 11.9 Å². The Hall–Kier alpha value is -1.06. The van der Waals surface area contributed by atoms with Gasteiger partial charge in [0.15, 0.2) is 0 Å². The molecule has 0 bridgehead atoms. The van der Waals surface area contributed by atoms with Crippen LogP contribution in [0.1, 0.15) is 168 Å². The molecule has 0 saturated carbocycles. The van der Waals surface area contributed by atoms with E-state index in [9.17, 15) is 9.59 Å². The standard InChI is InChI=1S/C30H58O4/c1-3-5-7-9-11-13-17-21-25-29(31)33-27-23-19-15-16-20-24-28-34-30(32)26-22-18-14-12-10-8-6-4-2/h3-28H2,1-2H3. The van der Waals surface area contributed by atoms with Crippen molar-refractivity contribution >= 4 is 11.9 Å². The van der Waals surface area contributed by atoms with Gasteiger partial charge in [0, 0.05) is 12.8 Å². The first-order valence-electron chi connectivity index (χ1n) is 15.0. The molecule has 0 rings (SSSR count). The van der Waals surface area contributed by atoms with Gasteiger partial charge < -0.3 is 9.47 Å². The highest BCUT2D eigenvalue weighted by Crippen LogP contribution is 2.12. The van der Waals surface area contributed by atoms with Gasteiger partial charge in [0.2, 0.25) is 0 Å². The Balaban J connectivity index is 3.23. The number of hydrogen-bond donors (Lipinski definition) is 0. The van der Waals surface area contributed by atoms with Crippen LogP contribution in [0.25, 0.3) is 0 Å². The van der Waals surface area contributed by atoms with E-state index >= 15 is 0 Å². The Kier molecular flexibility index (Phi) is 27.3. The minimum atomic E-state index is -0.0280. The van der Waals surface area contributed by atoms with Crippen molar-refractivity contribution in [3.63, 3.8) is 0 Å². The lowest BCUT2D eigenvalue weighted by molar-refractivity contribution is -0.144. The van der Waals surface area contributed by atoms with Gasteiger partial charge in [-0.2, -0.15) is 0 Å². The van der Waals surface area contributed by atoms with Gasteiger partial charge in [-0.25, -0.2) is 0 Å². The highest BCUT2D eigenvalue weighted by atomic mass is 16.5. The molecule has 0 unspecified atom stereocenters. The molecule has 0 spiro atoms. The topological polar surface area (TPSA) is 52.6 Å². The molecule has 0 atom stereocenters. The van der Waals surface area contributed by atoms with Gasteiger partial charge in [-0.3, -0.25) is 9.59 Å². The Morgan fingerprint density at radius 3 is 0.971 bits per heavy atom. The number of hydrogen-bond acceptors (Lipinski definition) is 4. The van der Waals surface area contributed by atoms with Crippen LogP contribution in [0.3, 0.4) is 0 Å². The van der Waals surface area contributed by atoms with Gasteiger partial charge >= 0.3 is 11.9 Å². The van der Waals surface area contributed by atoms with Crippen molar-refractivity contribution in [1.82, 2.24) is 0 Å². The fourth-order valence-electron chi connectivity index (χ4n) is 4.23. The number of esters is 2. The van der Waals surface area contributed by atoms with E-state index < -0.39 is 0 Å². The van der Waals surface area contributed by atoms with Crippen LogP contribution in [0, 0.1) is 0 Å². The number of carbonyl (C=O) groups excluding carboxylic acids is 2. The number of rotatable bonds is 27. The summed E-state index contributed by atoms with van der Waals surface area (Å²) in [5.41, 5.74) is 0. The second-order valence-electron chi connectivity index (χ2n) is 10.0. The van der Waals surface area contributed by atoms with Crippen LogP contribution in [-0.2, 0) is 19.1 Å². The van der Waals surface area contributed by atoms with Gasteiger partial charge in [-0.05, 0) is 25.7 Å². The SMILES string of the molecule is CCCCCCCCCCC(=O)OCCCCCCCCOC(=O)CCCCCCCCCC. The maximum atomic E-state index is 11.8. The van der Waals surface area contributed by atoms with Crippen LogP contribution in [0.2, 0.25) is 0 Å². The Morgan fingerprint density at radius 2 is 0.647 bits per heavy atom. The largest absolute Gasteiger partial charge is 0.466 e. The predicted molar refractivity (Wildman–Crippen MR) is 144 cm³/mol. The first-order chi connectivity index (χ1) is 16.7. The molecule has 4 nitrogen and oxygen atoms in total. The normalized spacial score (nSPS) is 11.0. The summed E-state index contributed by atoms with van der Waals surface area (Å²) < 4.78 is 10.7. The molecule has 0 amide bonds. The Labute approximate surface area is 212 Å². The Morgan fingerprint density at radius 1 is 0.382 bits per heavy atom. The summed E-state index contributed by atoms with van der Waals surface area (Å²) in [6, 6.07) is 0. The third-order valence-electron chi connectivity index (χ3n) is 6.53. The molecule has 34 heavy (non-hydrogen) atoms. The lowest BCUT2D eigenvalue weighted by atomic mass is 10.1. The molecule has 0 N–H and O–H groups in total. The van der Waals surface area contributed by atoms with E-state index in [1.165, 1.54) is 77.0 Å². The smallest absolute Gasteiger partial charge is 0.305 e. The van der Waals surface area contributed by atoms with Crippen molar-refractivity contribution in [2.75, 3.05) is 13.2 Å². The minimum Gasteiger partial charge on any atom is -0.466 e. The molecule has 0 aromatic rings. The van der Waals surface area contributed by atoms with Crippen molar-refractivity contribution in [3.8, 4) is 0 Å². The van der Waals surface area contributed by atoms with Crippen molar-refractivity contribution in [3.05, 3.63) is 0 Å². The summed E-state index contributed by atoms with van der Waals surface area (Å²) in [4.78, 5) is 23.5. The van der Waals surface area contributed by atoms with E-state index in [4.69, 9.17) is 9.47 Å². The van der Waals surface area contributed by atoms with E-state index in [1.54, 1.807) is 0 Å². The monoisotopic (exact) mass is 482 g/mol. The highest BCUT2D eigenvalue weighted by molar-refractivity contribution is 5.69. The molecular weight excluding hydrogens is 424 g/mol. The summed E-state index contributed by atoms with van der Waals surface area (Å²) in [6.07, 6.45) is 27.6. The first-order valence-corrected chi connectivity index (χ1v) is 15.0. The number of unbranched alkanes of at least 4 members (excludes halogenated alkanes) is 19. The molecule has 0 aliphatic rings. The number of carbonyl (C=O) groups is 2. The van der Waals surface area contributed by atoms with Gasteiger partial charge in [0.05, 0.1) is 13.2 Å². The fraction of sp³-hybridized carbons (Fsp3) is 0.933. The molecule has 0 aliphatic carbocycles. The van der Waals surface area contributed by atoms with Crippen molar-refractivity contribution in [1.29, 1.82) is 0 Å². The minimum absolute atomic E-state index is 0.0280. The van der Waals surface area contributed by atoms with Crippen molar-refractivity contribution in [2.24, 2.45) is 0 Å². The van der Waals surface area contributed by atoms with Gasteiger partial charge in [-0.15, -0.1) is 0 Å². The molecule has 4 heteroatoms. The summed E-state index contributed by atoms with van der Waals surface area (Å²) in [7, 11) is 0. The van der Waals surface area contributed by atoms with Crippen LogP contribution in [0.15, 0.2) is 0 Å². The molecule has 202 valence electrons. The molecule has 0 aromatic carbocycles. The maximum Gasteiger partial charge on any atom is 0.305 e. The first kappa shape index (κ1) is 32.9. The summed E-state index contributed by atoms with van der Waals surface area (Å²) in [6.45, 7) is 5.61. The average Bonchev–Trinajstić information content (AvgIpc) is 2.83. The zero-order chi connectivity index (χ0) is 25.0. The predicted octanol–water partition coefficient (Wildman–Crippen LogP) is 9.48. The molecular formula is C30H58O4. The van der Waals surface area contributed by atoms with E-state index in [0.717, 1.165) is 64.2 Å². The summed E-state index contributed by atoms with van der Waals surface area (Å²) in [5.74, 6) is -0.0560. The molecule has 0 radical (unpaired) electrons. The molecule has 0 fully saturated rings. The fourth-order valence-corrected chi connectivity index (χ4v) is 4.23. The lowest BCUT2D eigenvalue weighted by Gasteiger charge is -2.06. The van der Waals surface area contributed by atoms with Crippen LogP contribution in [0.4, 0.5) is 0 Å². The van der Waals surface area contributed by atoms with Crippen molar-refractivity contribution < 1.29 is 19.1 Å². The average molecular weight is 483 g/mol. The van der Waals surface area contributed by atoms with E-state index in [2.05, 4.69) is 13.8 Å². The second-order valence-corrected chi connectivity index (χ2v) is 10.0. The molecule has 0 aromatic heterocycles. The zero-order valence-electron chi connectivity index (χ0n) is 23.0. The highest BCUT2D eigenvalue weighted by Gasteiger charge is 2.04. The third kappa shape index (κ3) is 27.2. The van der Waals surface area contributed by atoms with Crippen LogP contribution >= 0.6 is 0 Å². The van der Waals surface area contributed by atoms with Gasteiger partial charge in [0.25, 0.3) is 0 Å². The lowest BCUT2D eigenvalue weighted by Crippen LogP contribution is -2.06. The van der Waals surface area contributed by atoms with E-state index in [1.807, 2.05) is 0 Å². The quantitative estimate of drug-likeness (QED) is 0.0864. The maximum absolute atomic E-state index is 11.8. The molecule has 0 aliphatic heterocycles. The van der Waals surface area contributed by atoms with Crippen LogP contribution < -0.4 is 0 Å². The third-order valence-corrected chi connectivity index (χ3v) is 6.53. The molecule has 0 heterocycles. The zero-order valence-corrected chi connectivity index (χ0v) is 23.0. The summed E-state index contributed by atoms with van der Waals surface area (Å²) in [5, 5.41) is 0. The Bertz CT molecular complexity index is 396. The molecule has 0 saturated heterocycles.